The van der Waals surface area contributed by atoms with E-state index < -0.39 is 87.3 Å². The lowest BCUT2D eigenvalue weighted by Gasteiger charge is -2.23. The van der Waals surface area contributed by atoms with Gasteiger partial charge in [-0.2, -0.15) is 5.10 Å². The van der Waals surface area contributed by atoms with Crippen LogP contribution in [0.3, 0.4) is 0 Å². The van der Waals surface area contributed by atoms with E-state index in [4.69, 9.17) is 27.9 Å². The maximum atomic E-state index is 14.3. The van der Waals surface area contributed by atoms with Crippen molar-refractivity contribution in [2.75, 3.05) is 18.6 Å². The number of halogens is 4. The zero-order valence-corrected chi connectivity index (χ0v) is 23.5. The van der Waals surface area contributed by atoms with Gasteiger partial charge < -0.3 is 20.3 Å². The minimum atomic E-state index is -3.47. The molecule has 220 valence electrons. The largest absolute Gasteiger partial charge is 0.477 e. The fourth-order valence-electron chi connectivity index (χ4n) is 3.62. The highest BCUT2D eigenvalue weighted by molar-refractivity contribution is 7.90. The molecule has 1 heterocycles. The van der Waals surface area contributed by atoms with Crippen molar-refractivity contribution in [3.63, 3.8) is 0 Å². The van der Waals surface area contributed by atoms with Crippen molar-refractivity contribution in [3.8, 4) is 0 Å². The van der Waals surface area contributed by atoms with E-state index in [0.29, 0.717) is 10.2 Å². The van der Waals surface area contributed by atoms with Gasteiger partial charge in [0.1, 0.15) is 23.9 Å². The van der Waals surface area contributed by atoms with Crippen LogP contribution in [0.15, 0.2) is 42.5 Å². The molecule has 3 N–H and O–H groups in total. The van der Waals surface area contributed by atoms with Crippen molar-refractivity contribution in [1.29, 1.82) is 0 Å². The molecule has 2 atom stereocenters. The molecule has 0 saturated heterocycles. The van der Waals surface area contributed by atoms with Crippen molar-refractivity contribution in [2.45, 2.75) is 25.1 Å². The molecule has 16 heteroatoms. The van der Waals surface area contributed by atoms with E-state index in [0.717, 1.165) is 24.5 Å². The van der Waals surface area contributed by atoms with E-state index in [1.54, 1.807) is 18.2 Å². The number of aliphatic hydroxyl groups excluding tert-OH is 1. The fourth-order valence-corrected chi connectivity index (χ4v) is 4.41. The lowest BCUT2D eigenvalue weighted by atomic mass is 10.0. The van der Waals surface area contributed by atoms with E-state index in [2.05, 4.69) is 10.4 Å². The van der Waals surface area contributed by atoms with Gasteiger partial charge in [0.05, 0.1) is 18.3 Å². The molecular weight excluding hydrogens is 611 g/mol. The second kappa shape index (κ2) is 13.4. The summed E-state index contributed by atoms with van der Waals surface area (Å²) >= 11 is 11.8. The third-order valence-electron chi connectivity index (χ3n) is 5.68. The fraction of sp³-hybridized carbons (Fsp3) is 0.280. The number of sulfone groups is 1. The highest BCUT2D eigenvalue weighted by atomic mass is 35.5. The number of aromatic carboxylic acids is 1. The number of amides is 1. The predicted octanol–water partition coefficient (Wildman–Crippen LogP) is 2.50. The van der Waals surface area contributed by atoms with E-state index >= 15 is 0 Å². The van der Waals surface area contributed by atoms with Crippen molar-refractivity contribution in [1.82, 2.24) is 15.1 Å². The molecule has 1 amide bonds. The zero-order chi connectivity index (χ0) is 30.5. The first-order valence-electron chi connectivity index (χ1n) is 11.7. The topological polar surface area (TPSA) is 165 Å². The molecule has 3 aromatic rings. The van der Waals surface area contributed by atoms with Crippen LogP contribution in [-0.4, -0.2) is 77.0 Å². The summed E-state index contributed by atoms with van der Waals surface area (Å²) in [5.74, 6) is -6.49. The molecule has 2 unspecified atom stereocenters. The van der Waals surface area contributed by atoms with Gasteiger partial charge in [-0.05, 0) is 30.2 Å². The van der Waals surface area contributed by atoms with Gasteiger partial charge in [0.25, 0.3) is 5.91 Å². The number of hydrogen-bond acceptors (Lipinski definition) is 8. The Balaban J connectivity index is 1.88. The van der Waals surface area contributed by atoms with Gasteiger partial charge in [-0.3, -0.25) is 9.48 Å². The number of aromatic nitrogens is 2. The first-order chi connectivity index (χ1) is 19.2. The molecule has 0 aliphatic heterocycles. The Bertz CT molecular complexity index is 1560. The van der Waals surface area contributed by atoms with Crippen molar-refractivity contribution in [3.05, 3.63) is 86.7 Å². The summed E-state index contributed by atoms with van der Waals surface area (Å²) in [5.41, 5.74) is -1.25. The van der Waals surface area contributed by atoms with Gasteiger partial charge in [0, 0.05) is 27.9 Å². The summed E-state index contributed by atoms with van der Waals surface area (Å²) in [4.78, 5) is 37.4. The second-order valence-corrected chi connectivity index (χ2v) is 11.9. The van der Waals surface area contributed by atoms with Crippen molar-refractivity contribution in [2.24, 2.45) is 0 Å². The zero-order valence-electron chi connectivity index (χ0n) is 21.2. The molecule has 0 aliphatic carbocycles. The van der Waals surface area contributed by atoms with Gasteiger partial charge in [-0.1, -0.05) is 41.4 Å². The van der Waals surface area contributed by atoms with Crippen LogP contribution in [0.2, 0.25) is 10.0 Å². The van der Waals surface area contributed by atoms with E-state index in [1.165, 1.54) is 6.07 Å². The second-order valence-electron chi connectivity index (χ2n) is 8.84. The Morgan fingerprint density at radius 1 is 1.12 bits per heavy atom. The predicted molar refractivity (Wildman–Crippen MR) is 143 cm³/mol. The molecule has 2 aromatic carbocycles. The molecular formula is C25H23Cl2F2N3O8S. The molecule has 3 rings (SSSR count). The number of carboxylic acid groups (broad SMARTS) is 1. The minimum Gasteiger partial charge on any atom is -0.477 e. The summed E-state index contributed by atoms with van der Waals surface area (Å²) in [7, 11) is -3.47. The highest BCUT2D eigenvalue weighted by Gasteiger charge is 2.31. The van der Waals surface area contributed by atoms with E-state index in [1.807, 2.05) is 0 Å². The van der Waals surface area contributed by atoms with E-state index in [9.17, 15) is 41.8 Å². The van der Waals surface area contributed by atoms with Crippen LogP contribution in [-0.2, 0) is 32.3 Å². The Morgan fingerprint density at radius 2 is 1.76 bits per heavy atom. The standard InChI is InChI=1S/C25H23Cl2F2N3O8S/c1-41(38,39)7-6-40-25(37)22(33)19(8-13-4-2-3-5-16(13)27)30-23(34)20-11-21(24(35)36)32(31-20)12-15-17(28)9-14(26)10-18(15)29/h2-5,9-11,19,22,33H,6-8,12H2,1H3,(H,30,34)(H,35,36). The van der Waals surface area contributed by atoms with Crippen LogP contribution in [0.5, 0.6) is 0 Å². The lowest BCUT2D eigenvalue weighted by Crippen LogP contribution is -2.49. The van der Waals surface area contributed by atoms with Gasteiger partial charge in [0.2, 0.25) is 0 Å². The van der Waals surface area contributed by atoms with Crippen LogP contribution in [0, 0.1) is 11.6 Å². The molecule has 41 heavy (non-hydrogen) atoms. The molecule has 0 fully saturated rings. The molecule has 0 saturated carbocycles. The average Bonchev–Trinajstić information content (AvgIpc) is 3.30. The monoisotopic (exact) mass is 633 g/mol. The summed E-state index contributed by atoms with van der Waals surface area (Å²) in [6.07, 6.45) is -1.28. The smallest absolute Gasteiger partial charge is 0.354 e. The SMILES string of the molecule is CS(=O)(=O)CCOC(=O)C(O)C(Cc1ccccc1Cl)NC(=O)c1cc(C(=O)O)n(Cc2c(F)cc(Cl)cc2F)n1. The number of aliphatic hydroxyl groups is 1. The number of carbonyl (C=O) groups is 3. The summed E-state index contributed by atoms with van der Waals surface area (Å²) in [6, 6.07) is 7.43. The maximum Gasteiger partial charge on any atom is 0.354 e. The van der Waals surface area contributed by atoms with E-state index in [-0.39, 0.29) is 16.5 Å². The molecule has 0 radical (unpaired) electrons. The van der Waals surface area contributed by atoms with Gasteiger partial charge in [0.15, 0.2) is 21.6 Å². The van der Waals surface area contributed by atoms with Crippen LogP contribution in [0.25, 0.3) is 0 Å². The molecule has 1 aromatic heterocycles. The number of benzene rings is 2. The highest BCUT2D eigenvalue weighted by Crippen LogP contribution is 2.21. The summed E-state index contributed by atoms with van der Waals surface area (Å²) in [6.45, 7) is -1.26. The number of nitrogens with one attached hydrogen (secondary N) is 1. The maximum absolute atomic E-state index is 14.3. The lowest BCUT2D eigenvalue weighted by molar-refractivity contribution is -0.154. The summed E-state index contributed by atoms with van der Waals surface area (Å²) in [5, 5.41) is 26.5. The van der Waals surface area contributed by atoms with Gasteiger partial charge in [-0.25, -0.2) is 26.8 Å². The number of esters is 1. The normalized spacial score (nSPS) is 12.9. The van der Waals surface area contributed by atoms with Crippen molar-refractivity contribution >= 4 is 50.9 Å². The van der Waals surface area contributed by atoms with Crippen LogP contribution >= 0.6 is 23.2 Å². The van der Waals surface area contributed by atoms with Gasteiger partial charge >= 0.3 is 11.9 Å². The average molecular weight is 634 g/mol. The molecule has 0 spiro atoms. The Morgan fingerprint density at radius 3 is 2.34 bits per heavy atom. The first kappa shape index (κ1) is 31.9. The van der Waals surface area contributed by atoms with Crippen molar-refractivity contribution < 1.29 is 46.5 Å². The summed E-state index contributed by atoms with van der Waals surface area (Å²) < 4.78 is 56.8. The van der Waals surface area contributed by atoms with Gasteiger partial charge in [-0.15, -0.1) is 0 Å². The number of carbonyl (C=O) groups excluding carboxylic acids is 2. The Kier molecular flexibility index (Phi) is 10.4. The molecule has 0 bridgehead atoms. The molecule has 0 aliphatic rings. The number of rotatable bonds is 12. The Labute approximate surface area is 242 Å². The quantitative estimate of drug-likeness (QED) is 0.254. The number of carboxylic acids is 1. The van der Waals surface area contributed by atoms with Crippen LogP contribution in [0.1, 0.15) is 32.1 Å². The number of hydrogen-bond donors (Lipinski definition) is 3. The Hall–Kier alpha value is -3.59. The van der Waals surface area contributed by atoms with Crippen LogP contribution < -0.4 is 5.32 Å². The first-order valence-corrected chi connectivity index (χ1v) is 14.5. The molecule has 11 nitrogen and oxygen atoms in total. The van der Waals surface area contributed by atoms with Crippen LogP contribution in [0.4, 0.5) is 8.78 Å². The minimum absolute atomic E-state index is 0.207. The number of nitrogens with zero attached hydrogens (tertiary/aromatic N) is 2. The third kappa shape index (κ3) is 8.70. The third-order valence-corrected chi connectivity index (χ3v) is 7.18. The number of ether oxygens (including phenoxy) is 1.